The van der Waals surface area contributed by atoms with Crippen LogP contribution in [-0.4, -0.2) is 24.4 Å². The molecule has 0 unspecified atom stereocenters. The lowest BCUT2D eigenvalue weighted by molar-refractivity contribution is 0.287. The van der Waals surface area contributed by atoms with Crippen LogP contribution in [0.1, 0.15) is 25.0 Å². The molecule has 2 N–H and O–H groups in total. The summed E-state index contributed by atoms with van der Waals surface area (Å²) in [6.07, 6.45) is 0. The molecule has 2 aromatic carbocycles. The van der Waals surface area contributed by atoms with Gasteiger partial charge >= 0.3 is 0 Å². The molecule has 0 fully saturated rings. The maximum Gasteiger partial charge on any atom is 0.171 e. The van der Waals surface area contributed by atoms with Crippen LogP contribution in [0.3, 0.4) is 0 Å². The molecule has 0 saturated carbocycles. The molecule has 0 aliphatic carbocycles. The van der Waals surface area contributed by atoms with Gasteiger partial charge in [-0.25, -0.2) is 0 Å². The van der Waals surface area contributed by atoms with E-state index >= 15 is 0 Å². The average Bonchev–Trinajstić information content (AvgIpc) is 2.56. The Balaban J connectivity index is 1.81. The van der Waals surface area contributed by atoms with Gasteiger partial charge in [0.25, 0.3) is 0 Å². The van der Waals surface area contributed by atoms with E-state index in [1.807, 2.05) is 44.2 Å². The van der Waals surface area contributed by atoms with Crippen LogP contribution in [0.5, 0.6) is 11.5 Å². The number of anilines is 1. The van der Waals surface area contributed by atoms with Crippen LogP contribution in [0.15, 0.2) is 42.5 Å². The van der Waals surface area contributed by atoms with E-state index in [4.69, 9.17) is 21.7 Å². The maximum atomic E-state index is 5.84. The van der Waals surface area contributed by atoms with E-state index in [0.29, 0.717) is 18.3 Å². The highest BCUT2D eigenvalue weighted by Gasteiger charge is 2.07. The van der Waals surface area contributed by atoms with Crippen molar-refractivity contribution in [2.24, 2.45) is 0 Å². The lowest BCUT2D eigenvalue weighted by atomic mass is 10.1. The third-order valence-electron chi connectivity index (χ3n) is 3.76. The van der Waals surface area contributed by atoms with E-state index in [2.05, 4.69) is 36.6 Å². The number of hydrogen-bond acceptors (Lipinski definition) is 3. The van der Waals surface area contributed by atoms with E-state index in [9.17, 15) is 0 Å². The van der Waals surface area contributed by atoms with E-state index < -0.39 is 0 Å². The van der Waals surface area contributed by atoms with Crippen molar-refractivity contribution in [2.75, 3.05) is 18.5 Å². The summed E-state index contributed by atoms with van der Waals surface area (Å²) in [5, 5.41) is 6.96. The monoisotopic (exact) mass is 358 g/mol. The number of ether oxygens (including phenoxy) is 2. The summed E-state index contributed by atoms with van der Waals surface area (Å²) in [6.45, 7) is 9.34. The summed E-state index contributed by atoms with van der Waals surface area (Å²) >= 11 is 5.37. The third kappa shape index (κ3) is 6.27. The third-order valence-corrected chi connectivity index (χ3v) is 3.98. The Morgan fingerprint density at radius 2 is 1.80 bits per heavy atom. The molecule has 0 aliphatic heterocycles. The second kappa shape index (κ2) is 9.28. The first-order valence-corrected chi connectivity index (χ1v) is 8.89. The van der Waals surface area contributed by atoms with Crippen LogP contribution in [-0.2, 0) is 0 Å². The van der Waals surface area contributed by atoms with Crippen LogP contribution in [0.2, 0.25) is 0 Å². The van der Waals surface area contributed by atoms with E-state index in [0.717, 1.165) is 17.2 Å². The van der Waals surface area contributed by atoms with Crippen molar-refractivity contribution in [3.8, 4) is 11.5 Å². The van der Waals surface area contributed by atoms with Gasteiger partial charge in [0, 0.05) is 11.8 Å². The Kier molecular flexibility index (Phi) is 7.07. The minimum absolute atomic E-state index is 0.0803. The summed E-state index contributed by atoms with van der Waals surface area (Å²) in [4.78, 5) is 0. The van der Waals surface area contributed by atoms with Gasteiger partial charge in [-0.15, -0.1) is 0 Å². The summed E-state index contributed by atoms with van der Waals surface area (Å²) in [7, 11) is 0. The number of thiocarbonyl (C=S) groups is 1. The number of benzene rings is 2. The molecule has 0 radical (unpaired) electrons. The Labute approximate surface area is 155 Å². The molecule has 2 rings (SSSR count). The van der Waals surface area contributed by atoms with Crippen molar-refractivity contribution < 1.29 is 9.47 Å². The van der Waals surface area contributed by atoms with Gasteiger partial charge in [-0.2, -0.15) is 0 Å². The zero-order chi connectivity index (χ0) is 18.2. The number of hydrogen-bond donors (Lipinski definition) is 2. The average molecular weight is 359 g/mol. The minimum atomic E-state index is 0.0803. The van der Waals surface area contributed by atoms with Crippen molar-refractivity contribution in [1.29, 1.82) is 0 Å². The van der Waals surface area contributed by atoms with Crippen LogP contribution >= 0.6 is 12.2 Å². The first-order chi connectivity index (χ1) is 12.0. The van der Waals surface area contributed by atoms with Gasteiger partial charge in [0.05, 0.1) is 12.6 Å². The highest BCUT2D eigenvalue weighted by Crippen LogP contribution is 2.18. The minimum Gasteiger partial charge on any atom is -0.494 e. The lowest BCUT2D eigenvalue weighted by Gasteiger charge is -2.18. The Hall–Kier alpha value is -2.27. The number of rotatable bonds is 7. The Morgan fingerprint density at radius 3 is 2.52 bits per heavy atom. The van der Waals surface area contributed by atoms with Crippen LogP contribution in [0.4, 0.5) is 5.69 Å². The van der Waals surface area contributed by atoms with Gasteiger partial charge in [-0.1, -0.05) is 12.1 Å². The molecule has 0 aromatic heterocycles. The van der Waals surface area contributed by atoms with Crippen LogP contribution < -0.4 is 20.1 Å². The van der Waals surface area contributed by atoms with E-state index in [1.165, 1.54) is 11.1 Å². The fraction of sp³-hybridized carbons (Fsp3) is 0.350. The molecule has 1 atom stereocenters. The molecule has 0 heterocycles. The molecule has 5 heteroatoms. The van der Waals surface area contributed by atoms with E-state index in [-0.39, 0.29) is 6.04 Å². The van der Waals surface area contributed by atoms with Crippen LogP contribution in [0, 0.1) is 13.8 Å². The molecular weight excluding hydrogens is 332 g/mol. The van der Waals surface area contributed by atoms with Gasteiger partial charge < -0.3 is 20.1 Å². The van der Waals surface area contributed by atoms with Gasteiger partial charge in [-0.05, 0) is 75.3 Å². The van der Waals surface area contributed by atoms with Crippen molar-refractivity contribution in [2.45, 2.75) is 33.7 Å². The predicted molar refractivity (Wildman–Crippen MR) is 108 cm³/mol. The summed E-state index contributed by atoms with van der Waals surface area (Å²) in [5.41, 5.74) is 3.38. The molecule has 0 saturated heterocycles. The SMILES string of the molecule is CCOc1cccc(NC(=S)N[C@@H](C)COc2ccc(C)c(C)c2)c1. The highest BCUT2D eigenvalue weighted by molar-refractivity contribution is 7.80. The molecule has 0 amide bonds. The molecule has 0 spiro atoms. The van der Waals surface area contributed by atoms with Crippen molar-refractivity contribution >= 4 is 23.0 Å². The fourth-order valence-corrected chi connectivity index (χ4v) is 2.61. The van der Waals surface area contributed by atoms with Gasteiger partial charge in [0.2, 0.25) is 0 Å². The quantitative estimate of drug-likeness (QED) is 0.716. The number of nitrogens with one attached hydrogen (secondary N) is 2. The zero-order valence-corrected chi connectivity index (χ0v) is 16.1. The van der Waals surface area contributed by atoms with Gasteiger partial charge in [0.15, 0.2) is 5.11 Å². The van der Waals surface area contributed by atoms with E-state index in [1.54, 1.807) is 0 Å². The molecular formula is C20H26N2O2S. The van der Waals surface area contributed by atoms with Crippen molar-refractivity contribution in [3.63, 3.8) is 0 Å². The summed E-state index contributed by atoms with van der Waals surface area (Å²) in [6, 6.07) is 13.9. The Bertz CT molecular complexity index is 719. The molecule has 134 valence electrons. The van der Waals surface area contributed by atoms with Gasteiger partial charge in [-0.3, -0.25) is 0 Å². The summed E-state index contributed by atoms with van der Waals surface area (Å²) in [5.74, 6) is 1.70. The first kappa shape index (κ1) is 19.1. The molecule has 2 aromatic rings. The standard InChI is InChI=1S/C20H26N2O2S/c1-5-23-18-8-6-7-17(12-18)22-20(25)21-16(4)13-24-19-10-9-14(2)15(3)11-19/h6-12,16H,5,13H2,1-4H3,(H2,21,22,25)/t16-/m0/s1. The Morgan fingerprint density at radius 1 is 1.04 bits per heavy atom. The molecule has 0 bridgehead atoms. The fourth-order valence-electron chi connectivity index (χ4n) is 2.29. The predicted octanol–water partition coefficient (Wildman–Crippen LogP) is 4.46. The number of aryl methyl sites for hydroxylation is 2. The maximum absolute atomic E-state index is 5.84. The molecule has 0 aliphatic rings. The lowest BCUT2D eigenvalue weighted by Crippen LogP contribution is -2.39. The molecule has 25 heavy (non-hydrogen) atoms. The van der Waals surface area contributed by atoms with Crippen molar-refractivity contribution in [1.82, 2.24) is 5.32 Å². The second-order valence-electron chi connectivity index (χ2n) is 6.02. The largest absolute Gasteiger partial charge is 0.494 e. The van der Waals surface area contributed by atoms with Gasteiger partial charge in [0.1, 0.15) is 18.1 Å². The molecule has 4 nitrogen and oxygen atoms in total. The topological polar surface area (TPSA) is 42.5 Å². The second-order valence-corrected chi connectivity index (χ2v) is 6.43. The van der Waals surface area contributed by atoms with Crippen LogP contribution in [0.25, 0.3) is 0 Å². The normalized spacial score (nSPS) is 11.5. The summed E-state index contributed by atoms with van der Waals surface area (Å²) < 4.78 is 11.3. The first-order valence-electron chi connectivity index (χ1n) is 8.48. The zero-order valence-electron chi connectivity index (χ0n) is 15.3. The highest BCUT2D eigenvalue weighted by atomic mass is 32.1. The van der Waals surface area contributed by atoms with Crippen molar-refractivity contribution in [3.05, 3.63) is 53.6 Å². The smallest absolute Gasteiger partial charge is 0.171 e.